The zero-order valence-electron chi connectivity index (χ0n) is 30.2. The maximum atomic E-state index is 13.6. The number of hydrogen-bond donors (Lipinski definition) is 0. The quantitative estimate of drug-likeness (QED) is 0.0909. The third kappa shape index (κ3) is 8.82. The molecule has 0 bridgehead atoms. The summed E-state index contributed by atoms with van der Waals surface area (Å²) in [6.45, 7) is -0.602. The first-order valence-corrected chi connectivity index (χ1v) is 18.2. The second-order valence-corrected chi connectivity index (χ2v) is 14.2. The van der Waals surface area contributed by atoms with Crippen LogP contribution < -0.4 is 0 Å². The lowest BCUT2D eigenvalue weighted by molar-refractivity contribution is -0.0596. The Morgan fingerprint density at radius 2 is 0.673 bits per heavy atom. The molecule has 6 aromatic carbocycles. The average Bonchev–Trinajstić information content (AvgIpc) is 3.24. The lowest BCUT2D eigenvalue weighted by atomic mass is 9.64. The van der Waals surface area contributed by atoms with E-state index in [2.05, 4.69) is 0 Å². The normalized spacial score (nSPS) is 14.1. The third-order valence-electron chi connectivity index (χ3n) is 10.0. The first-order valence-electron chi connectivity index (χ1n) is 18.2. The number of carbonyl (C=O) groups is 4. The molecule has 55 heavy (non-hydrogen) atoms. The maximum Gasteiger partial charge on any atom is 0.338 e. The van der Waals surface area contributed by atoms with Gasteiger partial charge in [-0.25, -0.2) is 19.2 Å². The molecule has 0 aliphatic heterocycles. The van der Waals surface area contributed by atoms with Gasteiger partial charge in [-0.05, 0) is 89.7 Å². The van der Waals surface area contributed by atoms with E-state index in [9.17, 15) is 19.2 Å². The zero-order chi connectivity index (χ0) is 38.1. The Balaban J connectivity index is 1.34. The van der Waals surface area contributed by atoms with Gasteiger partial charge in [-0.3, -0.25) is 0 Å². The molecule has 8 heteroatoms. The van der Waals surface area contributed by atoms with Gasteiger partial charge in [0.2, 0.25) is 0 Å². The molecule has 0 unspecified atom stereocenters. The van der Waals surface area contributed by atoms with Crippen LogP contribution in [0.5, 0.6) is 0 Å². The van der Waals surface area contributed by atoms with E-state index in [0.717, 1.165) is 21.9 Å². The SMILES string of the molecule is O=C(OCC1(COC(=O)c2ccccc2)Cc2cccc3cccc(c23)CC(COC(=O)c2ccccc2)(COC(=O)c2ccccc2)C1)c1ccccc1. The number of hydrogen-bond acceptors (Lipinski definition) is 8. The number of benzene rings is 6. The van der Waals surface area contributed by atoms with Gasteiger partial charge in [0.15, 0.2) is 0 Å². The van der Waals surface area contributed by atoms with Crippen LogP contribution >= 0.6 is 0 Å². The summed E-state index contributed by atoms with van der Waals surface area (Å²) >= 11 is 0. The lowest BCUT2D eigenvalue weighted by Gasteiger charge is -2.44. The van der Waals surface area contributed by atoms with Gasteiger partial charge in [-0.1, -0.05) is 109 Å². The highest BCUT2D eigenvalue weighted by molar-refractivity contribution is 5.92. The number of carbonyl (C=O) groups excluding carboxylic acids is 4. The Morgan fingerprint density at radius 3 is 0.964 bits per heavy atom. The molecule has 276 valence electrons. The molecule has 0 heterocycles. The topological polar surface area (TPSA) is 105 Å². The molecule has 0 saturated carbocycles. The van der Waals surface area contributed by atoms with Gasteiger partial charge >= 0.3 is 23.9 Å². The minimum atomic E-state index is -1.07. The van der Waals surface area contributed by atoms with Gasteiger partial charge in [0.25, 0.3) is 0 Å². The minimum absolute atomic E-state index is 0.150. The summed E-state index contributed by atoms with van der Waals surface area (Å²) in [4.78, 5) is 54.3. The molecular weight excluding hydrogens is 693 g/mol. The van der Waals surface area contributed by atoms with Crippen LogP contribution in [0.4, 0.5) is 0 Å². The van der Waals surface area contributed by atoms with Gasteiger partial charge in [0, 0.05) is 10.8 Å². The smallest absolute Gasteiger partial charge is 0.338 e. The van der Waals surface area contributed by atoms with Crippen molar-refractivity contribution in [1.82, 2.24) is 0 Å². The molecule has 0 amide bonds. The van der Waals surface area contributed by atoms with Gasteiger partial charge < -0.3 is 18.9 Å². The van der Waals surface area contributed by atoms with E-state index in [0.29, 0.717) is 35.1 Å². The lowest BCUT2D eigenvalue weighted by Crippen LogP contribution is -2.47. The van der Waals surface area contributed by atoms with Crippen molar-refractivity contribution in [3.63, 3.8) is 0 Å². The number of esters is 4. The Kier molecular flexibility index (Phi) is 11.1. The fourth-order valence-electron chi connectivity index (χ4n) is 7.52. The van der Waals surface area contributed by atoms with Crippen molar-refractivity contribution in [3.05, 3.63) is 191 Å². The summed E-state index contributed by atoms with van der Waals surface area (Å²) in [5.74, 6) is -2.14. The molecule has 0 saturated heterocycles. The van der Waals surface area contributed by atoms with E-state index < -0.39 is 34.7 Å². The highest BCUT2D eigenvalue weighted by Gasteiger charge is 2.47. The fourth-order valence-corrected chi connectivity index (χ4v) is 7.52. The maximum absolute atomic E-state index is 13.6. The molecule has 0 fully saturated rings. The van der Waals surface area contributed by atoms with Gasteiger partial charge in [0.05, 0.1) is 22.3 Å². The summed E-state index contributed by atoms with van der Waals surface area (Å²) in [6, 6.07) is 46.8. The molecule has 1 aliphatic carbocycles. The van der Waals surface area contributed by atoms with E-state index in [1.807, 2.05) is 60.7 Å². The molecule has 0 aromatic heterocycles. The van der Waals surface area contributed by atoms with Gasteiger partial charge in [0.1, 0.15) is 26.4 Å². The van der Waals surface area contributed by atoms with E-state index in [-0.39, 0.29) is 32.8 Å². The predicted octanol–water partition coefficient (Wildman–Crippen LogP) is 8.73. The molecule has 6 aromatic rings. The van der Waals surface area contributed by atoms with Crippen molar-refractivity contribution >= 4 is 34.6 Å². The Bertz CT molecular complexity index is 2000. The third-order valence-corrected chi connectivity index (χ3v) is 10.0. The minimum Gasteiger partial charge on any atom is -0.461 e. The van der Waals surface area contributed by atoms with E-state index >= 15 is 0 Å². The van der Waals surface area contributed by atoms with E-state index in [1.165, 1.54) is 0 Å². The summed E-state index contributed by atoms with van der Waals surface area (Å²) < 4.78 is 24.5. The van der Waals surface area contributed by atoms with Crippen LogP contribution in [0.25, 0.3) is 10.8 Å². The Hall–Kier alpha value is -6.54. The monoisotopic (exact) mass is 732 g/mol. The van der Waals surface area contributed by atoms with Crippen molar-refractivity contribution in [2.75, 3.05) is 26.4 Å². The zero-order valence-corrected chi connectivity index (χ0v) is 30.2. The van der Waals surface area contributed by atoms with Crippen molar-refractivity contribution in [3.8, 4) is 0 Å². The molecule has 0 spiro atoms. The summed E-state index contributed by atoms with van der Waals surface area (Å²) in [5, 5.41) is 1.98. The fraction of sp³-hybridized carbons (Fsp3) is 0.191. The van der Waals surface area contributed by atoms with Crippen molar-refractivity contribution in [1.29, 1.82) is 0 Å². The van der Waals surface area contributed by atoms with Crippen LogP contribution in [0, 0.1) is 10.8 Å². The first kappa shape index (κ1) is 36.8. The number of ether oxygens (including phenoxy) is 4. The van der Waals surface area contributed by atoms with Crippen molar-refractivity contribution < 1.29 is 38.1 Å². The van der Waals surface area contributed by atoms with Crippen LogP contribution in [0.15, 0.2) is 158 Å². The highest BCUT2D eigenvalue weighted by Crippen LogP contribution is 2.46. The molecular formula is C47H40O8. The first-order chi connectivity index (χ1) is 26.8. The van der Waals surface area contributed by atoms with Crippen LogP contribution in [0.2, 0.25) is 0 Å². The molecule has 8 nitrogen and oxygen atoms in total. The van der Waals surface area contributed by atoms with Gasteiger partial charge in [-0.15, -0.1) is 0 Å². The molecule has 1 aliphatic rings. The summed E-state index contributed by atoms with van der Waals surface area (Å²) in [7, 11) is 0. The van der Waals surface area contributed by atoms with Crippen LogP contribution in [0.1, 0.15) is 59.0 Å². The second kappa shape index (κ2) is 16.6. The van der Waals surface area contributed by atoms with Crippen molar-refractivity contribution in [2.45, 2.75) is 19.3 Å². The molecule has 0 atom stereocenters. The molecule has 0 N–H and O–H groups in total. The Morgan fingerprint density at radius 1 is 0.382 bits per heavy atom. The van der Waals surface area contributed by atoms with E-state index in [1.54, 1.807) is 97.1 Å². The van der Waals surface area contributed by atoms with E-state index in [4.69, 9.17) is 18.9 Å². The molecule has 7 rings (SSSR count). The van der Waals surface area contributed by atoms with Crippen LogP contribution in [-0.2, 0) is 31.8 Å². The standard InChI is InChI=1S/C47H40O8/c48-42(35-15-5-1-6-16-35)52-30-46(31-53-43(49)36-17-7-2-8-18-36)27-39-25-13-23-34-24-14-26-40(41(34)39)28-47(29-46,32-54-44(50)37-19-9-3-10-20-37)33-55-45(51)38-21-11-4-12-22-38/h1-26H,27-33H2. The molecule has 0 radical (unpaired) electrons. The number of rotatable bonds is 12. The summed E-state index contributed by atoms with van der Waals surface area (Å²) in [6.07, 6.45) is 0.831. The van der Waals surface area contributed by atoms with Crippen LogP contribution in [-0.4, -0.2) is 50.3 Å². The predicted molar refractivity (Wildman–Crippen MR) is 208 cm³/mol. The largest absolute Gasteiger partial charge is 0.461 e. The van der Waals surface area contributed by atoms with Gasteiger partial charge in [-0.2, -0.15) is 0 Å². The Labute approximate surface area is 319 Å². The highest BCUT2D eigenvalue weighted by atomic mass is 16.6. The van der Waals surface area contributed by atoms with Crippen LogP contribution in [0.3, 0.4) is 0 Å². The average molecular weight is 733 g/mol. The summed E-state index contributed by atoms with van der Waals surface area (Å²) in [5.41, 5.74) is 1.30. The van der Waals surface area contributed by atoms with Crippen molar-refractivity contribution in [2.24, 2.45) is 10.8 Å². The second-order valence-electron chi connectivity index (χ2n) is 14.2.